The number of carbonyl (C=O) groups is 2. The zero-order chi connectivity index (χ0) is 16.8. The predicted octanol–water partition coefficient (Wildman–Crippen LogP) is 1.51. The highest BCUT2D eigenvalue weighted by atomic mass is 19.2. The van der Waals surface area contributed by atoms with Crippen LogP contribution in [0.15, 0.2) is 18.2 Å². The number of benzene rings is 1. The molecule has 1 aromatic carbocycles. The second-order valence-corrected chi connectivity index (χ2v) is 6.25. The molecule has 2 fully saturated rings. The van der Waals surface area contributed by atoms with Gasteiger partial charge in [0, 0.05) is 31.8 Å². The first-order chi connectivity index (χ1) is 10.8. The van der Waals surface area contributed by atoms with E-state index in [1.807, 2.05) is 0 Å². The monoisotopic (exact) mass is 325 g/mol. The Balaban J connectivity index is 1.63. The number of amides is 1. The van der Waals surface area contributed by atoms with Crippen LogP contribution >= 0.6 is 0 Å². The molecular weight excluding hydrogens is 308 g/mol. The van der Waals surface area contributed by atoms with Crippen LogP contribution in [-0.4, -0.2) is 45.7 Å². The summed E-state index contributed by atoms with van der Waals surface area (Å²) in [5.74, 6) is -4.04. The Morgan fingerprint density at radius 1 is 1.22 bits per heavy atom. The van der Waals surface area contributed by atoms with E-state index in [1.165, 1.54) is 17.0 Å². The molecule has 2 unspecified atom stereocenters. The largest absolute Gasteiger partial charge is 0.479 e. The summed E-state index contributed by atoms with van der Waals surface area (Å²) in [7, 11) is 0. The Hall–Kier alpha value is -2.02. The minimum Gasteiger partial charge on any atom is -0.479 e. The van der Waals surface area contributed by atoms with Gasteiger partial charge in [-0.05, 0) is 24.0 Å². The molecule has 3 rings (SSSR count). The SMILES string of the molecule is O=C(C1CC1c1cccc(F)c1F)N1CCC(O)(C(=O)O)CC1. The van der Waals surface area contributed by atoms with Crippen molar-refractivity contribution in [3.05, 3.63) is 35.4 Å². The average molecular weight is 325 g/mol. The number of hydrogen-bond acceptors (Lipinski definition) is 3. The quantitative estimate of drug-likeness (QED) is 0.883. The van der Waals surface area contributed by atoms with Gasteiger partial charge in [-0.25, -0.2) is 13.6 Å². The van der Waals surface area contributed by atoms with Gasteiger partial charge in [0.15, 0.2) is 17.2 Å². The number of hydrogen-bond donors (Lipinski definition) is 2. The normalized spacial score (nSPS) is 26.0. The van der Waals surface area contributed by atoms with Crippen molar-refractivity contribution in [1.29, 1.82) is 0 Å². The van der Waals surface area contributed by atoms with E-state index in [2.05, 4.69) is 0 Å². The molecule has 1 saturated heterocycles. The smallest absolute Gasteiger partial charge is 0.335 e. The summed E-state index contributed by atoms with van der Waals surface area (Å²) in [5.41, 5.74) is -1.57. The molecule has 2 atom stereocenters. The summed E-state index contributed by atoms with van der Waals surface area (Å²) in [4.78, 5) is 24.9. The van der Waals surface area contributed by atoms with Gasteiger partial charge in [0.05, 0.1) is 0 Å². The molecule has 5 nitrogen and oxygen atoms in total. The number of carboxylic acid groups (broad SMARTS) is 1. The second kappa shape index (κ2) is 5.56. The van der Waals surface area contributed by atoms with E-state index < -0.39 is 29.1 Å². The maximum Gasteiger partial charge on any atom is 0.335 e. The van der Waals surface area contributed by atoms with Crippen LogP contribution in [-0.2, 0) is 9.59 Å². The molecule has 0 bridgehead atoms. The summed E-state index contributed by atoms with van der Waals surface area (Å²) in [6.45, 7) is 0.299. The fourth-order valence-corrected chi connectivity index (χ4v) is 3.16. The summed E-state index contributed by atoms with van der Waals surface area (Å²) >= 11 is 0. The van der Waals surface area contributed by atoms with E-state index in [0.29, 0.717) is 6.42 Å². The first-order valence-corrected chi connectivity index (χ1v) is 7.52. The fourth-order valence-electron chi connectivity index (χ4n) is 3.16. The molecule has 0 aromatic heterocycles. The molecule has 0 spiro atoms. The molecule has 0 radical (unpaired) electrons. The van der Waals surface area contributed by atoms with Gasteiger partial charge in [-0.15, -0.1) is 0 Å². The molecule has 1 aliphatic carbocycles. The van der Waals surface area contributed by atoms with Gasteiger partial charge in [-0.1, -0.05) is 12.1 Å². The van der Waals surface area contributed by atoms with E-state index in [4.69, 9.17) is 5.11 Å². The predicted molar refractivity (Wildman–Crippen MR) is 75.6 cm³/mol. The van der Waals surface area contributed by atoms with E-state index in [-0.39, 0.29) is 43.3 Å². The summed E-state index contributed by atoms with van der Waals surface area (Å²) < 4.78 is 27.0. The molecule has 1 saturated carbocycles. The van der Waals surface area contributed by atoms with Crippen molar-refractivity contribution in [2.45, 2.75) is 30.8 Å². The first kappa shape index (κ1) is 15.9. The van der Waals surface area contributed by atoms with E-state index in [9.17, 15) is 23.5 Å². The van der Waals surface area contributed by atoms with Gasteiger partial charge in [0.1, 0.15) is 0 Å². The van der Waals surface area contributed by atoms with Crippen LogP contribution in [0.2, 0.25) is 0 Å². The maximum absolute atomic E-state index is 13.8. The molecular formula is C16H17F2NO4. The first-order valence-electron chi connectivity index (χ1n) is 7.52. The number of piperidine rings is 1. The van der Waals surface area contributed by atoms with Crippen molar-refractivity contribution >= 4 is 11.9 Å². The fraction of sp³-hybridized carbons (Fsp3) is 0.500. The summed E-state index contributed by atoms with van der Waals surface area (Å²) in [6.07, 6.45) is 0.401. The standard InChI is InChI=1S/C16H17F2NO4/c17-12-3-1-2-9(13(12)18)10-8-11(10)14(20)19-6-4-16(23,5-7-19)15(21)22/h1-3,10-11,23H,4-8H2,(H,21,22). The third-order valence-corrected chi connectivity index (χ3v) is 4.79. The number of halogens is 2. The Morgan fingerprint density at radius 3 is 2.48 bits per heavy atom. The molecule has 2 aliphatic rings. The van der Waals surface area contributed by atoms with Gasteiger partial charge in [0.2, 0.25) is 5.91 Å². The Labute approximate surface area is 131 Å². The zero-order valence-electron chi connectivity index (χ0n) is 12.3. The molecule has 2 N–H and O–H groups in total. The summed E-state index contributed by atoms with van der Waals surface area (Å²) in [5, 5.41) is 18.8. The number of aliphatic hydroxyl groups is 1. The number of nitrogens with zero attached hydrogens (tertiary/aromatic N) is 1. The molecule has 7 heteroatoms. The lowest BCUT2D eigenvalue weighted by molar-refractivity contribution is -0.165. The Morgan fingerprint density at radius 2 is 1.87 bits per heavy atom. The third-order valence-electron chi connectivity index (χ3n) is 4.79. The highest BCUT2D eigenvalue weighted by Crippen LogP contribution is 2.49. The van der Waals surface area contributed by atoms with Crippen LogP contribution in [0.5, 0.6) is 0 Å². The molecule has 1 aliphatic heterocycles. The molecule has 1 aromatic rings. The van der Waals surface area contributed by atoms with Gasteiger partial charge < -0.3 is 15.1 Å². The molecule has 23 heavy (non-hydrogen) atoms. The lowest BCUT2D eigenvalue weighted by Crippen LogP contribution is -2.51. The minimum atomic E-state index is -1.78. The lowest BCUT2D eigenvalue weighted by Gasteiger charge is -2.35. The van der Waals surface area contributed by atoms with Crippen LogP contribution in [0.25, 0.3) is 0 Å². The van der Waals surface area contributed by atoms with Crippen molar-refractivity contribution in [1.82, 2.24) is 4.90 Å². The van der Waals surface area contributed by atoms with Gasteiger partial charge >= 0.3 is 5.97 Å². The number of carboxylic acids is 1. The average Bonchev–Trinajstić information content (AvgIpc) is 3.30. The highest BCUT2D eigenvalue weighted by Gasteiger charge is 2.49. The Kier molecular flexibility index (Phi) is 3.83. The maximum atomic E-state index is 13.8. The van der Waals surface area contributed by atoms with Crippen LogP contribution in [0.4, 0.5) is 8.78 Å². The van der Waals surface area contributed by atoms with Gasteiger partial charge in [-0.3, -0.25) is 4.79 Å². The summed E-state index contributed by atoms with van der Waals surface area (Å²) in [6, 6.07) is 3.94. The van der Waals surface area contributed by atoms with Crippen molar-refractivity contribution in [2.75, 3.05) is 13.1 Å². The highest BCUT2D eigenvalue weighted by molar-refractivity contribution is 5.84. The third kappa shape index (κ3) is 2.81. The topological polar surface area (TPSA) is 77.8 Å². The number of aliphatic carboxylic acids is 1. The van der Waals surface area contributed by atoms with Gasteiger partial charge in [-0.2, -0.15) is 0 Å². The number of likely N-dealkylation sites (tertiary alicyclic amines) is 1. The molecule has 124 valence electrons. The van der Waals surface area contributed by atoms with E-state index >= 15 is 0 Å². The molecule has 1 amide bonds. The van der Waals surface area contributed by atoms with Crippen LogP contribution in [0, 0.1) is 17.6 Å². The lowest BCUT2D eigenvalue weighted by atomic mass is 9.91. The number of rotatable bonds is 3. The Bertz CT molecular complexity index is 655. The second-order valence-electron chi connectivity index (χ2n) is 6.25. The van der Waals surface area contributed by atoms with Gasteiger partial charge in [0.25, 0.3) is 0 Å². The van der Waals surface area contributed by atoms with Crippen molar-refractivity contribution in [3.63, 3.8) is 0 Å². The van der Waals surface area contributed by atoms with Crippen molar-refractivity contribution in [3.8, 4) is 0 Å². The van der Waals surface area contributed by atoms with E-state index in [1.54, 1.807) is 0 Å². The molecule has 1 heterocycles. The van der Waals surface area contributed by atoms with Crippen LogP contribution in [0.3, 0.4) is 0 Å². The van der Waals surface area contributed by atoms with Crippen molar-refractivity contribution in [2.24, 2.45) is 5.92 Å². The van der Waals surface area contributed by atoms with Crippen LogP contribution in [0.1, 0.15) is 30.7 Å². The minimum absolute atomic E-state index is 0.0280. The number of carbonyl (C=O) groups excluding carboxylic acids is 1. The van der Waals surface area contributed by atoms with Crippen LogP contribution < -0.4 is 0 Å². The zero-order valence-corrected chi connectivity index (χ0v) is 12.3. The van der Waals surface area contributed by atoms with Crippen molar-refractivity contribution < 1.29 is 28.6 Å². The van der Waals surface area contributed by atoms with E-state index in [0.717, 1.165) is 6.07 Å².